The molecular formula is C16H11F5N2O4. The van der Waals surface area contributed by atoms with Gasteiger partial charge in [-0.05, 0) is 17.7 Å². The summed E-state index contributed by atoms with van der Waals surface area (Å²) >= 11 is 0. The maximum absolute atomic E-state index is 13.5. The molecule has 144 valence electrons. The van der Waals surface area contributed by atoms with Gasteiger partial charge in [0.1, 0.15) is 6.61 Å². The van der Waals surface area contributed by atoms with Crippen molar-refractivity contribution in [1.82, 2.24) is 10.8 Å². The number of ether oxygens (including phenoxy) is 1. The van der Waals surface area contributed by atoms with Crippen LogP contribution in [0.1, 0.15) is 21.5 Å². The van der Waals surface area contributed by atoms with Crippen LogP contribution in [0.5, 0.6) is 0 Å². The Labute approximate surface area is 148 Å². The summed E-state index contributed by atoms with van der Waals surface area (Å²) in [6, 6.07) is 5.58. The molecule has 0 aromatic heterocycles. The molecular weight excluding hydrogens is 379 g/mol. The van der Waals surface area contributed by atoms with Gasteiger partial charge >= 0.3 is 6.09 Å². The molecule has 0 aliphatic heterocycles. The van der Waals surface area contributed by atoms with Crippen LogP contribution in [0, 0.1) is 29.1 Å². The van der Waals surface area contributed by atoms with E-state index in [4.69, 9.17) is 5.21 Å². The largest absolute Gasteiger partial charge is 0.444 e. The van der Waals surface area contributed by atoms with Crippen LogP contribution in [0.3, 0.4) is 0 Å². The number of alkyl carbamates (subject to hydrolysis) is 1. The van der Waals surface area contributed by atoms with Gasteiger partial charge in [0.2, 0.25) is 5.82 Å². The number of benzene rings is 2. The van der Waals surface area contributed by atoms with Crippen LogP contribution in [0.2, 0.25) is 0 Å². The number of hydrogen-bond acceptors (Lipinski definition) is 4. The van der Waals surface area contributed by atoms with Crippen LogP contribution in [0.15, 0.2) is 24.3 Å². The van der Waals surface area contributed by atoms with Crippen molar-refractivity contribution < 1.29 is 41.5 Å². The Balaban J connectivity index is 1.95. The van der Waals surface area contributed by atoms with Gasteiger partial charge in [0.05, 0.1) is 5.56 Å². The highest BCUT2D eigenvalue weighted by Crippen LogP contribution is 2.23. The fourth-order valence-electron chi connectivity index (χ4n) is 1.98. The van der Waals surface area contributed by atoms with Crippen LogP contribution >= 0.6 is 0 Å². The van der Waals surface area contributed by atoms with Crippen molar-refractivity contribution in [2.75, 3.05) is 0 Å². The van der Waals surface area contributed by atoms with Gasteiger partial charge in [0, 0.05) is 12.1 Å². The first kappa shape index (κ1) is 20.1. The number of carbonyl (C=O) groups excluding carboxylic acids is 2. The number of carbonyl (C=O) groups is 2. The number of nitrogens with one attached hydrogen (secondary N) is 2. The fourth-order valence-corrected chi connectivity index (χ4v) is 1.98. The average molecular weight is 390 g/mol. The van der Waals surface area contributed by atoms with E-state index in [1.807, 2.05) is 0 Å². The van der Waals surface area contributed by atoms with E-state index in [1.165, 1.54) is 29.7 Å². The maximum Gasteiger partial charge on any atom is 0.407 e. The molecule has 0 atom stereocenters. The van der Waals surface area contributed by atoms with Crippen LogP contribution < -0.4 is 10.8 Å². The van der Waals surface area contributed by atoms with E-state index in [2.05, 4.69) is 10.1 Å². The standard InChI is InChI=1S/C16H11F5N2O4/c17-10-9(11(18)13(20)14(21)12(10)19)6-27-16(25)22-5-7-1-3-8(4-2-7)15(24)23-26/h1-4,26H,5-6H2,(H,22,25)(H,23,24). The zero-order valence-electron chi connectivity index (χ0n) is 13.3. The van der Waals surface area contributed by atoms with Crippen molar-refractivity contribution in [3.05, 3.63) is 70.0 Å². The summed E-state index contributed by atoms with van der Waals surface area (Å²) in [4.78, 5) is 22.7. The van der Waals surface area contributed by atoms with Crippen molar-refractivity contribution in [1.29, 1.82) is 0 Å². The highest BCUT2D eigenvalue weighted by Gasteiger charge is 2.26. The Morgan fingerprint density at radius 1 is 0.889 bits per heavy atom. The minimum Gasteiger partial charge on any atom is -0.444 e. The SMILES string of the molecule is O=C(NCc1ccc(C(=O)NO)cc1)OCc1c(F)c(F)c(F)c(F)c1F. The van der Waals surface area contributed by atoms with Crippen molar-refractivity contribution in [3.63, 3.8) is 0 Å². The summed E-state index contributed by atoms with van der Waals surface area (Å²) in [5, 5.41) is 10.7. The van der Waals surface area contributed by atoms with E-state index in [-0.39, 0.29) is 12.1 Å². The molecule has 0 aliphatic rings. The van der Waals surface area contributed by atoms with Crippen LogP contribution in [0.25, 0.3) is 0 Å². The number of hydroxylamine groups is 1. The van der Waals surface area contributed by atoms with E-state index in [1.54, 1.807) is 0 Å². The van der Waals surface area contributed by atoms with Crippen LogP contribution in [-0.2, 0) is 17.9 Å². The molecule has 2 aromatic rings. The predicted molar refractivity (Wildman–Crippen MR) is 79.0 cm³/mol. The zero-order valence-corrected chi connectivity index (χ0v) is 13.3. The summed E-state index contributed by atoms with van der Waals surface area (Å²) < 4.78 is 70.4. The normalized spacial score (nSPS) is 10.4. The molecule has 0 fully saturated rings. The van der Waals surface area contributed by atoms with Crippen LogP contribution in [-0.4, -0.2) is 17.2 Å². The molecule has 0 bridgehead atoms. The summed E-state index contributed by atoms with van der Waals surface area (Å²) in [6.07, 6.45) is -1.17. The Kier molecular flexibility index (Phi) is 6.29. The Bertz CT molecular complexity index is 845. The summed E-state index contributed by atoms with van der Waals surface area (Å²) in [6.45, 7) is -1.29. The summed E-state index contributed by atoms with van der Waals surface area (Å²) in [5.74, 6) is -11.5. The van der Waals surface area contributed by atoms with Gasteiger partial charge in [-0.15, -0.1) is 0 Å². The van der Waals surface area contributed by atoms with Gasteiger partial charge < -0.3 is 10.1 Å². The predicted octanol–water partition coefficient (Wildman–Crippen LogP) is 2.93. The monoisotopic (exact) mass is 390 g/mol. The van der Waals surface area contributed by atoms with Gasteiger partial charge in [-0.25, -0.2) is 32.2 Å². The average Bonchev–Trinajstić information content (AvgIpc) is 2.69. The molecule has 2 aromatic carbocycles. The summed E-state index contributed by atoms with van der Waals surface area (Å²) in [7, 11) is 0. The third-order valence-corrected chi connectivity index (χ3v) is 3.40. The second kappa shape index (κ2) is 8.45. The second-order valence-corrected chi connectivity index (χ2v) is 5.12. The lowest BCUT2D eigenvalue weighted by Crippen LogP contribution is -2.24. The maximum atomic E-state index is 13.5. The molecule has 0 heterocycles. The molecule has 0 unspecified atom stereocenters. The number of halogens is 5. The molecule has 3 N–H and O–H groups in total. The van der Waals surface area contributed by atoms with E-state index >= 15 is 0 Å². The first-order chi connectivity index (χ1) is 12.8. The van der Waals surface area contributed by atoms with Crippen LogP contribution in [0.4, 0.5) is 26.7 Å². The third-order valence-electron chi connectivity index (χ3n) is 3.40. The highest BCUT2D eigenvalue weighted by molar-refractivity contribution is 5.93. The lowest BCUT2D eigenvalue weighted by Gasteiger charge is -2.10. The van der Waals surface area contributed by atoms with Gasteiger partial charge in [-0.3, -0.25) is 10.0 Å². The van der Waals surface area contributed by atoms with E-state index in [0.717, 1.165) is 0 Å². The van der Waals surface area contributed by atoms with Gasteiger partial charge in [0.25, 0.3) is 5.91 Å². The van der Waals surface area contributed by atoms with E-state index in [0.29, 0.717) is 5.56 Å². The Morgan fingerprint density at radius 3 is 1.93 bits per heavy atom. The molecule has 11 heteroatoms. The molecule has 6 nitrogen and oxygen atoms in total. The molecule has 2 amide bonds. The first-order valence-electron chi connectivity index (χ1n) is 7.20. The number of rotatable bonds is 5. The Morgan fingerprint density at radius 2 is 1.41 bits per heavy atom. The van der Waals surface area contributed by atoms with E-state index in [9.17, 15) is 31.5 Å². The molecule has 0 radical (unpaired) electrons. The first-order valence-corrected chi connectivity index (χ1v) is 7.20. The zero-order chi connectivity index (χ0) is 20.1. The van der Waals surface area contributed by atoms with E-state index < -0.39 is 53.3 Å². The van der Waals surface area contributed by atoms with Gasteiger partial charge in [-0.2, -0.15) is 0 Å². The molecule has 0 saturated carbocycles. The lowest BCUT2D eigenvalue weighted by molar-refractivity contribution is 0.0706. The smallest absolute Gasteiger partial charge is 0.407 e. The van der Waals surface area contributed by atoms with Crippen molar-refractivity contribution >= 4 is 12.0 Å². The summed E-state index contributed by atoms with van der Waals surface area (Å²) in [5.41, 5.74) is 0.806. The van der Waals surface area contributed by atoms with Crippen molar-refractivity contribution in [2.24, 2.45) is 0 Å². The molecule has 0 saturated heterocycles. The van der Waals surface area contributed by atoms with Gasteiger partial charge in [-0.1, -0.05) is 12.1 Å². The number of amides is 2. The topological polar surface area (TPSA) is 87.7 Å². The quantitative estimate of drug-likeness (QED) is 0.241. The molecule has 0 spiro atoms. The second-order valence-electron chi connectivity index (χ2n) is 5.12. The molecule has 2 rings (SSSR count). The lowest BCUT2D eigenvalue weighted by atomic mass is 10.1. The van der Waals surface area contributed by atoms with Gasteiger partial charge in [0.15, 0.2) is 23.3 Å². The third kappa shape index (κ3) is 4.50. The molecule has 27 heavy (non-hydrogen) atoms. The number of hydrogen-bond donors (Lipinski definition) is 3. The minimum absolute atomic E-state index is 0.114. The van der Waals surface area contributed by atoms with Crippen molar-refractivity contribution in [3.8, 4) is 0 Å². The minimum atomic E-state index is -2.31. The Hall–Kier alpha value is -3.21. The highest BCUT2D eigenvalue weighted by atomic mass is 19.2. The fraction of sp³-hybridized carbons (Fsp3) is 0.125. The molecule has 0 aliphatic carbocycles. The van der Waals surface area contributed by atoms with Crippen molar-refractivity contribution in [2.45, 2.75) is 13.2 Å².